The SMILES string of the molecule is c1ccc(-c2nc(-c3cccc(-c4ccc5c(c4)C4(c6ccccc6-c6ccccc64)c4ccccc4-5)c3)nc(-c3cccc4c3oc3ccccc34)n2)cc1. The zero-order valence-electron chi connectivity index (χ0n) is 30.1. The summed E-state index contributed by atoms with van der Waals surface area (Å²) in [7, 11) is 0. The van der Waals surface area contributed by atoms with Gasteiger partial charge in [-0.3, -0.25) is 0 Å². The first-order valence-electron chi connectivity index (χ1n) is 19.0. The maximum atomic E-state index is 6.45. The summed E-state index contributed by atoms with van der Waals surface area (Å²) < 4.78 is 6.45. The number of benzene rings is 8. The zero-order chi connectivity index (χ0) is 36.8. The minimum Gasteiger partial charge on any atom is -0.455 e. The normalized spacial score (nSPS) is 13.1. The van der Waals surface area contributed by atoms with Gasteiger partial charge in [-0.25, -0.2) is 15.0 Å². The summed E-state index contributed by atoms with van der Waals surface area (Å²) in [5.74, 6) is 1.78. The number of nitrogens with zero attached hydrogens (tertiary/aromatic N) is 3. The van der Waals surface area contributed by atoms with Crippen LogP contribution in [-0.4, -0.2) is 15.0 Å². The monoisotopic (exact) mass is 713 g/mol. The Morgan fingerprint density at radius 3 is 1.55 bits per heavy atom. The van der Waals surface area contributed by atoms with Gasteiger partial charge in [0, 0.05) is 21.9 Å². The molecule has 8 aromatic carbocycles. The molecule has 1 spiro atoms. The van der Waals surface area contributed by atoms with Crippen LogP contribution in [0.5, 0.6) is 0 Å². The van der Waals surface area contributed by atoms with E-state index in [0.717, 1.165) is 49.8 Å². The molecule has 12 rings (SSSR count). The highest BCUT2D eigenvalue weighted by molar-refractivity contribution is 6.09. The molecule has 4 heteroatoms. The van der Waals surface area contributed by atoms with Crippen molar-refractivity contribution in [1.82, 2.24) is 15.0 Å². The Morgan fingerprint density at radius 1 is 0.321 bits per heavy atom. The van der Waals surface area contributed by atoms with Crippen LogP contribution < -0.4 is 0 Å². The highest BCUT2D eigenvalue weighted by Gasteiger charge is 2.51. The average molecular weight is 714 g/mol. The van der Waals surface area contributed by atoms with E-state index in [4.69, 9.17) is 19.4 Å². The summed E-state index contributed by atoms with van der Waals surface area (Å²) in [5.41, 5.74) is 16.6. The molecule has 4 nitrogen and oxygen atoms in total. The fourth-order valence-electron chi connectivity index (χ4n) is 9.38. The van der Waals surface area contributed by atoms with E-state index >= 15 is 0 Å². The van der Waals surface area contributed by atoms with Crippen molar-refractivity contribution >= 4 is 21.9 Å². The van der Waals surface area contributed by atoms with Crippen LogP contribution in [-0.2, 0) is 5.41 Å². The fraction of sp³-hybridized carbons (Fsp3) is 0.0192. The van der Waals surface area contributed by atoms with Gasteiger partial charge in [-0.05, 0) is 79.9 Å². The molecule has 0 saturated carbocycles. The van der Waals surface area contributed by atoms with Gasteiger partial charge in [0.2, 0.25) is 0 Å². The summed E-state index contributed by atoms with van der Waals surface area (Å²) in [6, 6.07) is 66.8. The molecule has 0 bridgehead atoms. The lowest BCUT2D eigenvalue weighted by atomic mass is 9.70. The van der Waals surface area contributed by atoms with Gasteiger partial charge < -0.3 is 4.42 Å². The summed E-state index contributed by atoms with van der Waals surface area (Å²) in [6.45, 7) is 0. The van der Waals surface area contributed by atoms with E-state index in [9.17, 15) is 0 Å². The van der Waals surface area contributed by atoms with E-state index in [1.54, 1.807) is 0 Å². The lowest BCUT2D eigenvalue weighted by Gasteiger charge is -2.30. The standard InChI is InChI=1S/C52H31N3O/c1-2-14-32(15-3-1)49-53-50(55-51(54-49)42-23-13-22-41-40-21-7-11-27-47(40)56-48(41)42)35-17-12-16-33(30-35)34-28-29-39-38-20-6-10-26-45(38)52(46(39)31-34)43-24-8-4-18-36(43)37-19-5-9-25-44(37)52/h1-31H. The topological polar surface area (TPSA) is 51.8 Å². The molecular formula is C52H31N3O. The molecule has 56 heavy (non-hydrogen) atoms. The molecule has 0 fully saturated rings. The van der Waals surface area contributed by atoms with Crippen molar-refractivity contribution in [2.45, 2.75) is 5.41 Å². The van der Waals surface area contributed by atoms with Crippen LogP contribution >= 0.6 is 0 Å². The molecule has 2 aliphatic carbocycles. The summed E-state index contributed by atoms with van der Waals surface area (Å²) in [6.07, 6.45) is 0. The third-order valence-electron chi connectivity index (χ3n) is 11.8. The Morgan fingerprint density at radius 2 is 0.821 bits per heavy atom. The van der Waals surface area contributed by atoms with Crippen molar-refractivity contribution < 1.29 is 4.42 Å². The third-order valence-corrected chi connectivity index (χ3v) is 11.8. The second-order valence-electron chi connectivity index (χ2n) is 14.7. The second kappa shape index (κ2) is 11.8. The molecule has 2 aliphatic rings. The van der Waals surface area contributed by atoms with Crippen LogP contribution in [0.25, 0.3) is 89.5 Å². The number of rotatable bonds is 4. The van der Waals surface area contributed by atoms with Crippen LogP contribution in [0.1, 0.15) is 22.3 Å². The third kappa shape index (κ3) is 4.32. The molecule has 10 aromatic rings. The molecular weight excluding hydrogens is 683 g/mol. The summed E-state index contributed by atoms with van der Waals surface area (Å²) >= 11 is 0. The quantitative estimate of drug-likeness (QED) is 0.182. The van der Waals surface area contributed by atoms with E-state index < -0.39 is 5.41 Å². The Kier molecular flexibility index (Phi) is 6.52. The lowest BCUT2D eigenvalue weighted by molar-refractivity contribution is 0.669. The predicted molar refractivity (Wildman–Crippen MR) is 225 cm³/mol. The molecule has 0 saturated heterocycles. The molecule has 2 aromatic heterocycles. The van der Waals surface area contributed by atoms with Gasteiger partial charge in [0.25, 0.3) is 0 Å². The predicted octanol–water partition coefficient (Wildman–Crippen LogP) is 12.8. The highest BCUT2D eigenvalue weighted by atomic mass is 16.3. The van der Waals surface area contributed by atoms with Crippen molar-refractivity contribution in [2.75, 3.05) is 0 Å². The van der Waals surface area contributed by atoms with Crippen molar-refractivity contribution in [3.05, 3.63) is 210 Å². The number of furan rings is 1. The van der Waals surface area contributed by atoms with Crippen molar-refractivity contribution in [3.63, 3.8) is 0 Å². The Hall–Kier alpha value is -7.43. The Balaban J connectivity index is 1.04. The Labute approximate surface area is 323 Å². The average Bonchev–Trinajstić information content (AvgIpc) is 3.91. The smallest absolute Gasteiger partial charge is 0.167 e. The maximum Gasteiger partial charge on any atom is 0.167 e. The van der Waals surface area contributed by atoms with Crippen molar-refractivity contribution in [3.8, 4) is 67.5 Å². The largest absolute Gasteiger partial charge is 0.455 e. The number of hydrogen-bond donors (Lipinski definition) is 0. The van der Waals surface area contributed by atoms with Gasteiger partial charge in [-0.1, -0.05) is 164 Å². The van der Waals surface area contributed by atoms with Gasteiger partial charge in [-0.15, -0.1) is 0 Å². The minimum atomic E-state index is -0.405. The van der Waals surface area contributed by atoms with E-state index in [0.29, 0.717) is 17.5 Å². The number of fused-ring (bicyclic) bond motifs is 13. The zero-order valence-corrected chi connectivity index (χ0v) is 30.1. The molecule has 0 radical (unpaired) electrons. The van der Waals surface area contributed by atoms with Crippen molar-refractivity contribution in [2.24, 2.45) is 0 Å². The lowest BCUT2D eigenvalue weighted by Crippen LogP contribution is -2.25. The van der Waals surface area contributed by atoms with Gasteiger partial charge in [0.1, 0.15) is 11.2 Å². The van der Waals surface area contributed by atoms with E-state index in [-0.39, 0.29) is 0 Å². The second-order valence-corrected chi connectivity index (χ2v) is 14.7. The van der Waals surface area contributed by atoms with Crippen LogP contribution in [0, 0.1) is 0 Å². The first-order chi connectivity index (χ1) is 27.8. The molecule has 0 unspecified atom stereocenters. The number of para-hydroxylation sites is 2. The fourth-order valence-corrected chi connectivity index (χ4v) is 9.38. The van der Waals surface area contributed by atoms with Gasteiger partial charge >= 0.3 is 0 Å². The summed E-state index contributed by atoms with van der Waals surface area (Å²) in [4.78, 5) is 15.3. The van der Waals surface area contributed by atoms with Crippen LogP contribution in [0.2, 0.25) is 0 Å². The van der Waals surface area contributed by atoms with Crippen molar-refractivity contribution in [1.29, 1.82) is 0 Å². The maximum absolute atomic E-state index is 6.45. The van der Waals surface area contributed by atoms with Crippen LogP contribution in [0.4, 0.5) is 0 Å². The van der Waals surface area contributed by atoms with Gasteiger partial charge in [0.05, 0.1) is 11.0 Å². The van der Waals surface area contributed by atoms with Gasteiger partial charge in [0.15, 0.2) is 17.5 Å². The Bertz CT molecular complexity index is 3150. The minimum absolute atomic E-state index is 0.405. The van der Waals surface area contributed by atoms with E-state index in [1.165, 1.54) is 44.5 Å². The molecule has 0 atom stereocenters. The summed E-state index contributed by atoms with van der Waals surface area (Å²) in [5, 5.41) is 2.10. The van der Waals surface area contributed by atoms with E-state index in [1.807, 2.05) is 60.7 Å². The van der Waals surface area contributed by atoms with Crippen LogP contribution in [0.15, 0.2) is 192 Å². The molecule has 0 aliphatic heterocycles. The van der Waals surface area contributed by atoms with Gasteiger partial charge in [-0.2, -0.15) is 0 Å². The number of hydrogen-bond acceptors (Lipinski definition) is 4. The van der Waals surface area contributed by atoms with Crippen LogP contribution in [0.3, 0.4) is 0 Å². The number of aromatic nitrogens is 3. The molecule has 2 heterocycles. The molecule has 0 N–H and O–H groups in total. The highest BCUT2D eigenvalue weighted by Crippen LogP contribution is 2.63. The molecule has 0 amide bonds. The van der Waals surface area contributed by atoms with E-state index in [2.05, 4.69) is 127 Å². The first-order valence-corrected chi connectivity index (χ1v) is 19.0. The first kappa shape index (κ1) is 31.0. The molecule has 260 valence electrons.